The van der Waals surface area contributed by atoms with E-state index in [-0.39, 0.29) is 23.7 Å². The molecule has 2 N–H and O–H groups in total. The predicted octanol–water partition coefficient (Wildman–Crippen LogP) is 2.77. The van der Waals surface area contributed by atoms with E-state index in [0.29, 0.717) is 19.4 Å². The predicted molar refractivity (Wildman–Crippen MR) is 114 cm³/mol. The number of benzene rings is 2. The lowest BCUT2D eigenvalue weighted by atomic mass is 9.76. The number of hydrogen-bond donors (Lipinski definition) is 2. The van der Waals surface area contributed by atoms with Crippen LogP contribution < -0.4 is 5.32 Å². The van der Waals surface area contributed by atoms with Crippen LogP contribution in [-0.2, 0) is 16.0 Å². The van der Waals surface area contributed by atoms with Crippen LogP contribution in [0, 0.1) is 11.3 Å². The van der Waals surface area contributed by atoms with Crippen LogP contribution in [-0.4, -0.2) is 53.2 Å². The summed E-state index contributed by atoms with van der Waals surface area (Å²) in [6.45, 7) is 3.38. The summed E-state index contributed by atoms with van der Waals surface area (Å²) in [4.78, 5) is 28.7. The molecule has 2 fully saturated rings. The summed E-state index contributed by atoms with van der Waals surface area (Å²) in [6, 6.07) is 14.3. The summed E-state index contributed by atoms with van der Waals surface area (Å²) >= 11 is 0. The molecule has 0 aliphatic carbocycles. The molecule has 2 aromatic carbocycles. The SMILES string of the molecule is CN1C(=N)N[C@](C)([C@@H]2CCCN(C(=O)Cc3cccc4ccccc34)C2)CC1=O. The molecule has 2 amide bonds. The normalized spacial score (nSPS) is 25.2. The second kappa shape index (κ2) is 7.50. The van der Waals surface area contributed by atoms with Gasteiger partial charge in [0.2, 0.25) is 11.8 Å². The Morgan fingerprint density at radius 3 is 2.79 bits per heavy atom. The van der Waals surface area contributed by atoms with E-state index in [1.165, 1.54) is 4.90 Å². The van der Waals surface area contributed by atoms with E-state index in [0.717, 1.165) is 35.7 Å². The molecule has 0 aromatic heterocycles. The lowest BCUT2D eigenvalue weighted by Crippen LogP contribution is -2.65. The maximum atomic E-state index is 13.1. The van der Waals surface area contributed by atoms with Crippen molar-refractivity contribution in [3.05, 3.63) is 48.0 Å². The molecule has 29 heavy (non-hydrogen) atoms. The molecule has 0 bridgehead atoms. The zero-order valence-electron chi connectivity index (χ0n) is 17.1. The minimum atomic E-state index is -0.487. The Bertz CT molecular complexity index is 947. The van der Waals surface area contributed by atoms with Gasteiger partial charge < -0.3 is 10.2 Å². The van der Waals surface area contributed by atoms with E-state index < -0.39 is 5.54 Å². The fraction of sp³-hybridized carbons (Fsp3) is 0.435. The lowest BCUT2D eigenvalue weighted by Gasteiger charge is -2.47. The van der Waals surface area contributed by atoms with E-state index in [2.05, 4.69) is 23.5 Å². The second-order valence-corrected chi connectivity index (χ2v) is 8.51. The van der Waals surface area contributed by atoms with Crippen molar-refractivity contribution >= 4 is 28.5 Å². The molecule has 0 saturated carbocycles. The molecule has 0 radical (unpaired) electrons. The Morgan fingerprint density at radius 2 is 2.00 bits per heavy atom. The summed E-state index contributed by atoms with van der Waals surface area (Å²) < 4.78 is 0. The first-order valence-corrected chi connectivity index (χ1v) is 10.2. The van der Waals surface area contributed by atoms with Gasteiger partial charge in [0.25, 0.3) is 0 Å². The fourth-order valence-electron chi connectivity index (χ4n) is 4.65. The third-order valence-corrected chi connectivity index (χ3v) is 6.53. The van der Waals surface area contributed by atoms with Crippen molar-refractivity contribution in [3.63, 3.8) is 0 Å². The highest BCUT2D eigenvalue weighted by Gasteiger charge is 2.44. The molecule has 152 valence electrons. The third-order valence-electron chi connectivity index (χ3n) is 6.53. The van der Waals surface area contributed by atoms with Gasteiger partial charge in [-0.05, 0) is 42.0 Å². The van der Waals surface area contributed by atoms with Gasteiger partial charge in [0.15, 0.2) is 5.96 Å². The van der Waals surface area contributed by atoms with Gasteiger partial charge in [0, 0.05) is 20.1 Å². The first kappa shape index (κ1) is 19.4. The summed E-state index contributed by atoms with van der Waals surface area (Å²) in [5, 5.41) is 13.6. The maximum absolute atomic E-state index is 13.1. The van der Waals surface area contributed by atoms with Crippen molar-refractivity contribution in [3.8, 4) is 0 Å². The number of nitrogens with one attached hydrogen (secondary N) is 2. The van der Waals surface area contributed by atoms with Crippen molar-refractivity contribution in [2.24, 2.45) is 5.92 Å². The van der Waals surface area contributed by atoms with Crippen molar-refractivity contribution < 1.29 is 9.59 Å². The fourth-order valence-corrected chi connectivity index (χ4v) is 4.65. The molecule has 2 atom stereocenters. The molecule has 2 aliphatic rings. The Hall–Kier alpha value is -2.89. The average molecular weight is 393 g/mol. The standard InChI is InChI=1S/C23H28N4O2/c1-23(14-21(29)26(2)22(24)25-23)18-10-6-12-27(15-18)20(28)13-17-9-5-8-16-7-3-4-11-19(16)17/h3-5,7-9,11,18H,6,10,12-15H2,1-2H3,(H2,24,25)/t18-,23+/m1/s1. The molecule has 0 spiro atoms. The van der Waals surface area contributed by atoms with Crippen molar-refractivity contribution in [1.29, 1.82) is 5.41 Å². The molecule has 6 nitrogen and oxygen atoms in total. The van der Waals surface area contributed by atoms with Crippen molar-refractivity contribution in [2.45, 2.75) is 38.1 Å². The van der Waals surface area contributed by atoms with Gasteiger partial charge in [-0.1, -0.05) is 42.5 Å². The summed E-state index contributed by atoms with van der Waals surface area (Å²) in [5.41, 5.74) is 0.565. The maximum Gasteiger partial charge on any atom is 0.231 e. The quantitative estimate of drug-likeness (QED) is 0.843. The molecule has 4 rings (SSSR count). The van der Waals surface area contributed by atoms with Crippen LogP contribution in [0.3, 0.4) is 0 Å². The van der Waals surface area contributed by atoms with Crippen LogP contribution in [0.2, 0.25) is 0 Å². The number of carbonyl (C=O) groups is 2. The van der Waals surface area contributed by atoms with Gasteiger partial charge in [-0.15, -0.1) is 0 Å². The monoisotopic (exact) mass is 392 g/mol. The van der Waals surface area contributed by atoms with Crippen LogP contribution in [0.15, 0.2) is 42.5 Å². The molecule has 2 heterocycles. The Kier molecular flexibility index (Phi) is 5.03. The Balaban J connectivity index is 1.49. The number of fused-ring (bicyclic) bond motifs is 1. The first-order valence-electron chi connectivity index (χ1n) is 10.2. The molecule has 6 heteroatoms. The number of amides is 2. The largest absolute Gasteiger partial charge is 0.350 e. The van der Waals surface area contributed by atoms with Crippen LogP contribution in [0.25, 0.3) is 10.8 Å². The lowest BCUT2D eigenvalue weighted by molar-refractivity contribution is -0.134. The molecule has 2 saturated heterocycles. The number of guanidine groups is 1. The molecular formula is C23H28N4O2. The van der Waals surface area contributed by atoms with E-state index >= 15 is 0 Å². The third kappa shape index (κ3) is 3.71. The number of nitrogens with zero attached hydrogens (tertiary/aromatic N) is 2. The van der Waals surface area contributed by atoms with Crippen molar-refractivity contribution in [1.82, 2.24) is 15.1 Å². The number of likely N-dealkylation sites (tertiary alicyclic amines) is 1. The molecule has 2 aliphatic heterocycles. The first-order chi connectivity index (χ1) is 13.9. The highest BCUT2D eigenvalue weighted by atomic mass is 16.2. The van der Waals surface area contributed by atoms with E-state index in [9.17, 15) is 9.59 Å². The molecule has 2 aromatic rings. The topological polar surface area (TPSA) is 76.5 Å². The molecule has 0 unspecified atom stereocenters. The second-order valence-electron chi connectivity index (χ2n) is 8.51. The van der Waals surface area contributed by atoms with Gasteiger partial charge in [-0.3, -0.25) is 19.9 Å². The van der Waals surface area contributed by atoms with E-state index in [1.807, 2.05) is 36.1 Å². The summed E-state index contributed by atoms with van der Waals surface area (Å²) in [5.74, 6) is 0.369. The highest BCUT2D eigenvalue weighted by molar-refractivity contribution is 5.98. The zero-order valence-corrected chi connectivity index (χ0v) is 17.1. The minimum Gasteiger partial charge on any atom is -0.350 e. The van der Waals surface area contributed by atoms with Crippen LogP contribution in [0.5, 0.6) is 0 Å². The van der Waals surface area contributed by atoms with Gasteiger partial charge >= 0.3 is 0 Å². The number of hydrogen-bond acceptors (Lipinski definition) is 3. The minimum absolute atomic E-state index is 0.0459. The number of rotatable bonds is 3. The Labute approximate surface area is 171 Å². The summed E-state index contributed by atoms with van der Waals surface area (Å²) in [6.07, 6.45) is 2.60. The van der Waals surface area contributed by atoms with Crippen molar-refractivity contribution in [2.75, 3.05) is 20.1 Å². The Morgan fingerprint density at radius 1 is 1.24 bits per heavy atom. The summed E-state index contributed by atoms with van der Waals surface area (Å²) in [7, 11) is 1.62. The number of piperidine rings is 1. The van der Waals surface area contributed by atoms with Crippen LogP contribution in [0.1, 0.15) is 31.7 Å². The zero-order chi connectivity index (χ0) is 20.6. The van der Waals surface area contributed by atoms with Gasteiger partial charge in [0.05, 0.1) is 18.4 Å². The average Bonchev–Trinajstić information content (AvgIpc) is 2.72. The van der Waals surface area contributed by atoms with Gasteiger partial charge in [-0.2, -0.15) is 0 Å². The smallest absolute Gasteiger partial charge is 0.231 e. The van der Waals surface area contributed by atoms with E-state index in [4.69, 9.17) is 5.41 Å². The van der Waals surface area contributed by atoms with E-state index in [1.54, 1.807) is 7.05 Å². The molecular weight excluding hydrogens is 364 g/mol. The number of carbonyl (C=O) groups excluding carboxylic acids is 2. The van der Waals surface area contributed by atoms with Crippen LogP contribution in [0.4, 0.5) is 0 Å². The van der Waals surface area contributed by atoms with Crippen LogP contribution >= 0.6 is 0 Å². The van der Waals surface area contributed by atoms with Gasteiger partial charge in [0.1, 0.15) is 0 Å². The highest BCUT2D eigenvalue weighted by Crippen LogP contribution is 2.33. The van der Waals surface area contributed by atoms with Gasteiger partial charge in [-0.25, -0.2) is 0 Å².